The molecule has 0 saturated carbocycles. The highest BCUT2D eigenvalue weighted by Crippen LogP contribution is 2.24. The van der Waals surface area contributed by atoms with Gasteiger partial charge in [0.1, 0.15) is 5.75 Å². The molecule has 0 aliphatic carbocycles. The molecule has 0 fully saturated rings. The van der Waals surface area contributed by atoms with Crippen LogP contribution in [0.5, 0.6) is 5.75 Å². The fraction of sp³-hybridized carbons (Fsp3) is 0.250. The molecule has 1 aromatic heterocycles. The first-order valence-corrected chi connectivity index (χ1v) is 5.08. The van der Waals surface area contributed by atoms with Crippen molar-refractivity contribution >= 4 is 16.9 Å². The van der Waals surface area contributed by atoms with Gasteiger partial charge in [0, 0.05) is 23.5 Å². The van der Waals surface area contributed by atoms with Gasteiger partial charge in [0.25, 0.3) is 0 Å². The zero-order valence-corrected chi connectivity index (χ0v) is 8.62. The number of H-pyrrole nitrogens is 1. The molecular weight excluding hydrogens is 190 g/mol. The Balaban J connectivity index is 2.27. The normalized spacial score (nSPS) is 10.5. The fourth-order valence-electron chi connectivity index (χ4n) is 1.52. The van der Waals surface area contributed by atoms with Gasteiger partial charge in [0.2, 0.25) is 0 Å². The first-order valence-electron chi connectivity index (χ1n) is 5.08. The molecule has 0 saturated heterocycles. The van der Waals surface area contributed by atoms with Crippen LogP contribution in [0, 0.1) is 0 Å². The van der Waals surface area contributed by atoms with Crippen molar-refractivity contribution in [2.24, 2.45) is 0 Å². The van der Waals surface area contributed by atoms with Crippen LogP contribution in [0.1, 0.15) is 19.8 Å². The minimum absolute atomic E-state index is 0.175. The van der Waals surface area contributed by atoms with Crippen molar-refractivity contribution in [3.63, 3.8) is 0 Å². The molecule has 0 radical (unpaired) electrons. The second kappa shape index (κ2) is 4.17. The van der Waals surface area contributed by atoms with E-state index in [0.29, 0.717) is 12.2 Å². The Labute approximate surface area is 88.1 Å². The molecule has 78 valence electrons. The van der Waals surface area contributed by atoms with Crippen molar-refractivity contribution in [2.45, 2.75) is 19.8 Å². The van der Waals surface area contributed by atoms with Crippen molar-refractivity contribution in [3.05, 3.63) is 30.5 Å². The van der Waals surface area contributed by atoms with Gasteiger partial charge in [-0.1, -0.05) is 13.0 Å². The third-order valence-electron chi connectivity index (χ3n) is 2.23. The van der Waals surface area contributed by atoms with Gasteiger partial charge in [0.15, 0.2) is 0 Å². The Kier molecular flexibility index (Phi) is 2.72. The molecule has 3 heteroatoms. The molecule has 0 bridgehead atoms. The van der Waals surface area contributed by atoms with Crippen molar-refractivity contribution in [3.8, 4) is 5.75 Å². The zero-order valence-electron chi connectivity index (χ0n) is 8.62. The topological polar surface area (TPSA) is 42.1 Å². The van der Waals surface area contributed by atoms with Crippen LogP contribution in [0.25, 0.3) is 10.9 Å². The number of ether oxygens (including phenoxy) is 1. The van der Waals surface area contributed by atoms with E-state index in [1.165, 1.54) is 0 Å². The number of fused-ring (bicyclic) bond motifs is 1. The number of carbonyl (C=O) groups is 1. The summed E-state index contributed by atoms with van der Waals surface area (Å²) in [6, 6.07) is 7.54. The highest BCUT2D eigenvalue weighted by molar-refractivity contribution is 5.88. The summed E-state index contributed by atoms with van der Waals surface area (Å²) < 4.78 is 5.27. The molecule has 2 rings (SSSR count). The Hall–Kier alpha value is -1.77. The number of benzene rings is 1. The minimum Gasteiger partial charge on any atom is -0.426 e. The van der Waals surface area contributed by atoms with Gasteiger partial charge in [0.05, 0.1) is 0 Å². The van der Waals surface area contributed by atoms with Gasteiger partial charge in [-0.15, -0.1) is 0 Å². The molecular formula is C12H13NO2. The zero-order chi connectivity index (χ0) is 10.7. The molecule has 2 aromatic rings. The maximum Gasteiger partial charge on any atom is 0.311 e. The Morgan fingerprint density at radius 3 is 3.07 bits per heavy atom. The Morgan fingerprint density at radius 1 is 1.40 bits per heavy atom. The predicted molar refractivity (Wildman–Crippen MR) is 58.8 cm³/mol. The molecule has 0 amide bonds. The average Bonchev–Trinajstić information content (AvgIpc) is 2.67. The fourth-order valence-corrected chi connectivity index (χ4v) is 1.52. The number of hydrogen-bond donors (Lipinski definition) is 1. The summed E-state index contributed by atoms with van der Waals surface area (Å²) in [5, 5.41) is 0.946. The van der Waals surface area contributed by atoms with Crippen LogP contribution in [-0.4, -0.2) is 11.0 Å². The smallest absolute Gasteiger partial charge is 0.311 e. The third-order valence-corrected chi connectivity index (χ3v) is 2.23. The lowest BCUT2D eigenvalue weighted by atomic mass is 10.2. The molecule has 15 heavy (non-hydrogen) atoms. The number of carbonyl (C=O) groups excluding carboxylic acids is 1. The van der Waals surface area contributed by atoms with Crippen LogP contribution < -0.4 is 4.74 Å². The van der Waals surface area contributed by atoms with Crippen LogP contribution in [0.15, 0.2) is 30.5 Å². The molecule has 0 aliphatic rings. The number of esters is 1. The highest BCUT2D eigenvalue weighted by Gasteiger charge is 2.07. The molecule has 1 N–H and O–H groups in total. The standard InChI is InChI=1S/C12H13NO2/c1-2-4-12(14)15-11-6-3-5-10-9(11)7-8-13-10/h3,5-8,13H,2,4H2,1H3. The van der Waals surface area contributed by atoms with Crippen molar-refractivity contribution in [2.75, 3.05) is 0 Å². The Bertz CT molecular complexity index is 473. The van der Waals surface area contributed by atoms with Crippen molar-refractivity contribution < 1.29 is 9.53 Å². The van der Waals surface area contributed by atoms with E-state index in [-0.39, 0.29) is 5.97 Å². The average molecular weight is 203 g/mol. The van der Waals surface area contributed by atoms with Crippen LogP contribution in [-0.2, 0) is 4.79 Å². The largest absolute Gasteiger partial charge is 0.426 e. The summed E-state index contributed by atoms with van der Waals surface area (Å²) in [7, 11) is 0. The second-order valence-electron chi connectivity index (χ2n) is 3.42. The monoisotopic (exact) mass is 203 g/mol. The number of hydrogen-bond acceptors (Lipinski definition) is 2. The van der Waals surface area contributed by atoms with Gasteiger partial charge in [-0.3, -0.25) is 4.79 Å². The summed E-state index contributed by atoms with van der Waals surface area (Å²) in [5.41, 5.74) is 0.983. The molecule has 0 spiro atoms. The molecule has 0 atom stereocenters. The molecule has 1 aromatic carbocycles. The van der Waals surface area contributed by atoms with Gasteiger partial charge < -0.3 is 9.72 Å². The summed E-state index contributed by atoms with van der Waals surface area (Å²) in [5.74, 6) is 0.457. The maximum absolute atomic E-state index is 11.3. The second-order valence-corrected chi connectivity index (χ2v) is 3.42. The van der Waals surface area contributed by atoms with Crippen LogP contribution in [0.3, 0.4) is 0 Å². The van der Waals surface area contributed by atoms with E-state index in [1.807, 2.05) is 37.4 Å². The molecule has 3 nitrogen and oxygen atoms in total. The first kappa shape index (κ1) is 9.77. The van der Waals surface area contributed by atoms with Gasteiger partial charge >= 0.3 is 5.97 Å². The quantitative estimate of drug-likeness (QED) is 0.615. The van der Waals surface area contributed by atoms with Gasteiger partial charge in [-0.2, -0.15) is 0 Å². The van der Waals surface area contributed by atoms with Crippen LogP contribution in [0.2, 0.25) is 0 Å². The number of rotatable bonds is 3. The van der Waals surface area contributed by atoms with E-state index in [2.05, 4.69) is 4.98 Å². The lowest BCUT2D eigenvalue weighted by molar-refractivity contribution is -0.134. The lowest BCUT2D eigenvalue weighted by Gasteiger charge is -2.04. The van der Waals surface area contributed by atoms with Crippen LogP contribution in [0.4, 0.5) is 0 Å². The number of aromatic nitrogens is 1. The predicted octanol–water partition coefficient (Wildman–Crippen LogP) is 2.87. The van der Waals surface area contributed by atoms with Crippen molar-refractivity contribution in [1.29, 1.82) is 0 Å². The van der Waals surface area contributed by atoms with E-state index in [0.717, 1.165) is 17.3 Å². The summed E-state index contributed by atoms with van der Waals surface area (Å²) >= 11 is 0. The summed E-state index contributed by atoms with van der Waals surface area (Å²) in [6.45, 7) is 1.96. The minimum atomic E-state index is -0.175. The van der Waals surface area contributed by atoms with E-state index in [9.17, 15) is 4.79 Å². The number of aromatic amines is 1. The van der Waals surface area contributed by atoms with Gasteiger partial charge in [-0.05, 0) is 24.6 Å². The van der Waals surface area contributed by atoms with Gasteiger partial charge in [-0.25, -0.2) is 0 Å². The van der Waals surface area contributed by atoms with E-state index in [1.54, 1.807) is 0 Å². The maximum atomic E-state index is 11.3. The molecule has 0 unspecified atom stereocenters. The summed E-state index contributed by atoms with van der Waals surface area (Å²) in [6.07, 6.45) is 3.10. The lowest BCUT2D eigenvalue weighted by Crippen LogP contribution is -2.06. The van der Waals surface area contributed by atoms with Crippen molar-refractivity contribution in [1.82, 2.24) is 4.98 Å². The number of nitrogens with one attached hydrogen (secondary N) is 1. The first-order chi connectivity index (χ1) is 7.31. The van der Waals surface area contributed by atoms with E-state index >= 15 is 0 Å². The summed E-state index contributed by atoms with van der Waals surface area (Å²) in [4.78, 5) is 14.4. The molecule has 1 heterocycles. The van der Waals surface area contributed by atoms with E-state index < -0.39 is 0 Å². The Morgan fingerprint density at radius 2 is 2.27 bits per heavy atom. The molecule has 0 aliphatic heterocycles. The SMILES string of the molecule is CCCC(=O)Oc1cccc2[nH]ccc12. The third kappa shape index (κ3) is 2.01. The van der Waals surface area contributed by atoms with Crippen LogP contribution >= 0.6 is 0 Å². The van der Waals surface area contributed by atoms with E-state index in [4.69, 9.17) is 4.74 Å². The highest BCUT2D eigenvalue weighted by atomic mass is 16.5.